The molecule has 0 aliphatic heterocycles. The number of carbonyl (C=O) groups excluding carboxylic acids is 1. The summed E-state index contributed by atoms with van der Waals surface area (Å²) < 4.78 is 4.92. The molecule has 1 amide bonds. The summed E-state index contributed by atoms with van der Waals surface area (Å²) in [4.78, 5) is 11.9. The molecule has 4 heteroatoms. The average Bonchev–Trinajstić information content (AvgIpc) is 2.91. The fourth-order valence-electron chi connectivity index (χ4n) is 2.09. The van der Waals surface area contributed by atoms with E-state index in [1.165, 1.54) is 5.39 Å². The first-order valence-electron chi connectivity index (χ1n) is 6.41. The monoisotopic (exact) mass is 266 g/mol. The molecule has 2 aromatic carbocycles. The Hall–Kier alpha value is -2.62. The Kier molecular flexibility index (Phi) is 3.21. The molecule has 0 unspecified atom stereocenters. The minimum absolute atomic E-state index is 0.239. The van der Waals surface area contributed by atoms with Crippen LogP contribution in [0.4, 0.5) is 0 Å². The number of aryl methyl sites for hydroxylation is 1. The SMILES string of the molecule is Cc1cc(C(=O)NCc2ccc3ccccc3c2)on1. The first-order valence-corrected chi connectivity index (χ1v) is 6.41. The van der Waals surface area contributed by atoms with E-state index in [1.807, 2.05) is 18.2 Å². The van der Waals surface area contributed by atoms with Crippen LogP contribution < -0.4 is 5.32 Å². The van der Waals surface area contributed by atoms with Gasteiger partial charge in [0.15, 0.2) is 0 Å². The van der Waals surface area contributed by atoms with Crippen molar-refractivity contribution in [3.8, 4) is 0 Å². The summed E-state index contributed by atoms with van der Waals surface area (Å²) in [6.45, 7) is 2.24. The summed E-state index contributed by atoms with van der Waals surface area (Å²) in [6.07, 6.45) is 0. The number of amides is 1. The maximum atomic E-state index is 11.9. The number of rotatable bonds is 3. The van der Waals surface area contributed by atoms with Gasteiger partial charge in [-0.1, -0.05) is 41.6 Å². The highest BCUT2D eigenvalue weighted by Crippen LogP contribution is 2.15. The van der Waals surface area contributed by atoms with Crippen LogP contribution in [0.25, 0.3) is 10.8 Å². The van der Waals surface area contributed by atoms with Crippen LogP contribution >= 0.6 is 0 Å². The van der Waals surface area contributed by atoms with Crippen molar-refractivity contribution >= 4 is 16.7 Å². The van der Waals surface area contributed by atoms with E-state index in [9.17, 15) is 4.79 Å². The molecule has 0 bridgehead atoms. The molecule has 3 aromatic rings. The minimum atomic E-state index is -0.251. The number of fused-ring (bicyclic) bond motifs is 1. The quantitative estimate of drug-likeness (QED) is 0.792. The number of hydrogen-bond donors (Lipinski definition) is 1. The number of benzene rings is 2. The third-order valence-electron chi connectivity index (χ3n) is 3.12. The Morgan fingerprint density at radius 1 is 1.15 bits per heavy atom. The predicted molar refractivity (Wildman–Crippen MR) is 76.4 cm³/mol. The second-order valence-corrected chi connectivity index (χ2v) is 4.70. The third-order valence-corrected chi connectivity index (χ3v) is 3.12. The molecule has 0 spiro atoms. The minimum Gasteiger partial charge on any atom is -0.351 e. The molecule has 20 heavy (non-hydrogen) atoms. The lowest BCUT2D eigenvalue weighted by Gasteiger charge is -2.05. The van der Waals surface area contributed by atoms with Crippen molar-refractivity contribution in [1.82, 2.24) is 10.5 Å². The van der Waals surface area contributed by atoms with Crippen LogP contribution in [0.2, 0.25) is 0 Å². The van der Waals surface area contributed by atoms with E-state index < -0.39 is 0 Å². The number of nitrogens with zero attached hydrogens (tertiary/aromatic N) is 1. The first kappa shape index (κ1) is 12.4. The van der Waals surface area contributed by atoms with Crippen LogP contribution in [0, 0.1) is 6.92 Å². The van der Waals surface area contributed by atoms with Gasteiger partial charge in [0.05, 0.1) is 5.69 Å². The zero-order valence-corrected chi connectivity index (χ0v) is 11.1. The van der Waals surface area contributed by atoms with Crippen molar-refractivity contribution in [2.75, 3.05) is 0 Å². The molecule has 0 aliphatic rings. The van der Waals surface area contributed by atoms with Gasteiger partial charge < -0.3 is 9.84 Å². The predicted octanol–water partition coefficient (Wildman–Crippen LogP) is 3.07. The van der Waals surface area contributed by atoms with Crippen LogP contribution in [-0.4, -0.2) is 11.1 Å². The highest BCUT2D eigenvalue weighted by Gasteiger charge is 2.10. The van der Waals surface area contributed by atoms with Gasteiger partial charge in [0.1, 0.15) is 0 Å². The fraction of sp³-hybridized carbons (Fsp3) is 0.125. The molecule has 100 valence electrons. The number of nitrogens with one attached hydrogen (secondary N) is 1. The van der Waals surface area contributed by atoms with Gasteiger partial charge in [-0.15, -0.1) is 0 Å². The van der Waals surface area contributed by atoms with Crippen molar-refractivity contribution < 1.29 is 9.32 Å². The smallest absolute Gasteiger partial charge is 0.290 e. The van der Waals surface area contributed by atoms with Gasteiger partial charge >= 0.3 is 0 Å². The summed E-state index contributed by atoms with van der Waals surface area (Å²) in [5.74, 6) is -0.0120. The molecule has 0 aliphatic carbocycles. The maximum Gasteiger partial charge on any atom is 0.290 e. The molecule has 3 rings (SSSR count). The van der Waals surface area contributed by atoms with E-state index in [2.05, 4.69) is 34.7 Å². The highest BCUT2D eigenvalue weighted by molar-refractivity contribution is 5.91. The van der Waals surface area contributed by atoms with Crippen molar-refractivity contribution in [2.24, 2.45) is 0 Å². The molecular weight excluding hydrogens is 252 g/mol. The summed E-state index contributed by atoms with van der Waals surface area (Å²) in [5.41, 5.74) is 1.74. The van der Waals surface area contributed by atoms with Crippen LogP contribution in [0.5, 0.6) is 0 Å². The Bertz CT molecular complexity index is 762. The van der Waals surface area contributed by atoms with Crippen molar-refractivity contribution in [3.63, 3.8) is 0 Å². The van der Waals surface area contributed by atoms with Crippen LogP contribution in [0.1, 0.15) is 21.8 Å². The molecule has 0 radical (unpaired) electrons. The average molecular weight is 266 g/mol. The Morgan fingerprint density at radius 2 is 1.95 bits per heavy atom. The van der Waals surface area contributed by atoms with Gasteiger partial charge in [-0.3, -0.25) is 4.79 Å². The molecule has 0 atom stereocenters. The van der Waals surface area contributed by atoms with Crippen molar-refractivity contribution in [1.29, 1.82) is 0 Å². The molecular formula is C16H14N2O2. The van der Waals surface area contributed by atoms with Gasteiger partial charge in [-0.2, -0.15) is 0 Å². The maximum absolute atomic E-state index is 11.9. The van der Waals surface area contributed by atoms with Crippen molar-refractivity contribution in [3.05, 3.63) is 65.5 Å². The van der Waals surface area contributed by atoms with Gasteiger partial charge in [0, 0.05) is 12.6 Å². The van der Waals surface area contributed by atoms with Gasteiger partial charge in [-0.05, 0) is 29.3 Å². The van der Waals surface area contributed by atoms with Gasteiger partial charge in [0.25, 0.3) is 5.91 Å². The molecule has 0 saturated carbocycles. The van der Waals surface area contributed by atoms with Gasteiger partial charge in [0.2, 0.25) is 5.76 Å². The lowest BCUT2D eigenvalue weighted by Crippen LogP contribution is -2.22. The van der Waals surface area contributed by atoms with Crippen LogP contribution in [-0.2, 0) is 6.54 Å². The molecule has 4 nitrogen and oxygen atoms in total. The second-order valence-electron chi connectivity index (χ2n) is 4.70. The van der Waals surface area contributed by atoms with E-state index in [0.717, 1.165) is 10.9 Å². The summed E-state index contributed by atoms with van der Waals surface area (Å²) in [7, 11) is 0. The zero-order chi connectivity index (χ0) is 13.9. The van der Waals surface area contributed by atoms with Crippen LogP contribution in [0.15, 0.2) is 53.1 Å². The lowest BCUT2D eigenvalue weighted by molar-refractivity contribution is 0.0914. The number of aromatic nitrogens is 1. The topological polar surface area (TPSA) is 55.1 Å². The lowest BCUT2D eigenvalue weighted by atomic mass is 10.1. The fourth-order valence-corrected chi connectivity index (χ4v) is 2.09. The Labute approximate surface area is 116 Å². The van der Waals surface area contributed by atoms with Gasteiger partial charge in [-0.25, -0.2) is 0 Å². The van der Waals surface area contributed by atoms with E-state index in [-0.39, 0.29) is 11.7 Å². The van der Waals surface area contributed by atoms with Crippen LogP contribution in [0.3, 0.4) is 0 Å². The standard InChI is InChI=1S/C16H14N2O2/c1-11-8-15(20-18-11)16(19)17-10-12-6-7-13-4-2-3-5-14(13)9-12/h2-9H,10H2,1H3,(H,17,19). The summed E-state index contributed by atoms with van der Waals surface area (Å²) in [6, 6.07) is 15.9. The number of carbonyl (C=O) groups is 1. The molecule has 1 aromatic heterocycles. The zero-order valence-electron chi connectivity index (χ0n) is 11.1. The molecule has 1 heterocycles. The van der Waals surface area contributed by atoms with E-state index in [4.69, 9.17) is 4.52 Å². The largest absolute Gasteiger partial charge is 0.351 e. The normalized spacial score (nSPS) is 10.7. The Balaban J connectivity index is 1.72. The molecule has 0 fully saturated rings. The summed E-state index contributed by atoms with van der Waals surface area (Å²) in [5, 5.41) is 8.87. The molecule has 0 saturated heterocycles. The highest BCUT2D eigenvalue weighted by atomic mass is 16.5. The van der Waals surface area contributed by atoms with E-state index >= 15 is 0 Å². The third kappa shape index (κ3) is 2.54. The Morgan fingerprint density at radius 3 is 2.70 bits per heavy atom. The summed E-state index contributed by atoms with van der Waals surface area (Å²) >= 11 is 0. The number of hydrogen-bond acceptors (Lipinski definition) is 3. The van der Waals surface area contributed by atoms with Crippen molar-refractivity contribution in [2.45, 2.75) is 13.5 Å². The second kappa shape index (κ2) is 5.17. The van der Waals surface area contributed by atoms with E-state index in [1.54, 1.807) is 13.0 Å². The van der Waals surface area contributed by atoms with E-state index in [0.29, 0.717) is 12.2 Å². The first-order chi connectivity index (χ1) is 9.72. The molecule has 1 N–H and O–H groups in total.